The summed E-state index contributed by atoms with van der Waals surface area (Å²) in [4.78, 5) is 72.2. The molecule has 0 aromatic carbocycles. The summed E-state index contributed by atoms with van der Waals surface area (Å²) in [5.41, 5.74) is 0. The van der Waals surface area contributed by atoms with Crippen LogP contribution in [-0.4, -0.2) is 96.7 Å². The standard InChI is InChI=1S/C64H124O17P2/c1-7-10-12-14-16-18-20-22-24-26-34-40-46-61(66)74-52-59(80-63(68)48-42-36-27-25-23-21-19-17-15-13-11-8-2)54-78-82(70,71)76-50-58(65)51-77-83(72,73)79-55-60(53-75-62(67)47-41-35-30-28-32-38-44-56(4)5)81-64(69)49-43-37-31-29-33-39-45-57(6)9-3/h56-60,65H,7-55H2,1-6H3,(H,70,71)(H,72,73)/t57?,58-,59-,60-/m1/s1. The molecule has 0 aromatic heterocycles. The summed E-state index contributed by atoms with van der Waals surface area (Å²) in [5, 5.41) is 10.5. The molecule has 0 amide bonds. The van der Waals surface area contributed by atoms with Crippen molar-refractivity contribution in [2.45, 2.75) is 336 Å². The van der Waals surface area contributed by atoms with Gasteiger partial charge in [-0.1, -0.05) is 266 Å². The molecule has 0 heterocycles. The van der Waals surface area contributed by atoms with Crippen molar-refractivity contribution in [2.24, 2.45) is 11.8 Å². The first-order valence-electron chi connectivity index (χ1n) is 33.5. The molecule has 83 heavy (non-hydrogen) atoms. The number of carbonyl (C=O) groups is 4. The van der Waals surface area contributed by atoms with Crippen LogP contribution in [0.15, 0.2) is 0 Å². The number of aliphatic hydroxyl groups excluding tert-OH is 1. The van der Waals surface area contributed by atoms with E-state index in [4.69, 9.17) is 37.0 Å². The van der Waals surface area contributed by atoms with Crippen molar-refractivity contribution in [1.82, 2.24) is 0 Å². The number of unbranched alkanes of at least 4 members (excludes halogenated alkanes) is 32. The molecular formula is C64H124O17P2. The Labute approximate surface area is 505 Å². The number of hydrogen-bond donors (Lipinski definition) is 3. The van der Waals surface area contributed by atoms with E-state index in [1.54, 1.807) is 0 Å². The van der Waals surface area contributed by atoms with Gasteiger partial charge in [-0.05, 0) is 37.5 Å². The van der Waals surface area contributed by atoms with Crippen LogP contribution in [0.25, 0.3) is 0 Å². The van der Waals surface area contributed by atoms with Gasteiger partial charge in [0.25, 0.3) is 0 Å². The molecule has 6 atom stereocenters. The summed E-state index contributed by atoms with van der Waals surface area (Å²) in [6.07, 6.45) is 39.0. The zero-order chi connectivity index (χ0) is 61.5. The summed E-state index contributed by atoms with van der Waals surface area (Å²) >= 11 is 0. The van der Waals surface area contributed by atoms with Crippen LogP contribution in [0.2, 0.25) is 0 Å². The van der Waals surface area contributed by atoms with E-state index in [1.165, 1.54) is 128 Å². The van der Waals surface area contributed by atoms with Gasteiger partial charge in [-0.2, -0.15) is 0 Å². The maximum atomic E-state index is 13.0. The monoisotopic (exact) mass is 1230 g/mol. The van der Waals surface area contributed by atoms with Gasteiger partial charge in [0.1, 0.15) is 19.3 Å². The number of esters is 4. The van der Waals surface area contributed by atoms with Crippen molar-refractivity contribution in [2.75, 3.05) is 39.6 Å². The highest BCUT2D eigenvalue weighted by Crippen LogP contribution is 2.45. The number of hydrogen-bond acceptors (Lipinski definition) is 15. The summed E-state index contributed by atoms with van der Waals surface area (Å²) in [7, 11) is -9.89. The van der Waals surface area contributed by atoms with E-state index in [9.17, 15) is 43.2 Å². The van der Waals surface area contributed by atoms with E-state index >= 15 is 0 Å². The second-order valence-corrected chi connectivity index (χ2v) is 26.8. The molecule has 0 spiro atoms. The van der Waals surface area contributed by atoms with E-state index < -0.39 is 97.5 Å². The van der Waals surface area contributed by atoms with Crippen molar-refractivity contribution < 1.29 is 80.2 Å². The molecule has 0 aromatic rings. The quantitative estimate of drug-likeness (QED) is 0.0222. The van der Waals surface area contributed by atoms with Crippen molar-refractivity contribution >= 4 is 39.5 Å². The van der Waals surface area contributed by atoms with E-state index in [1.807, 2.05) is 0 Å². The van der Waals surface area contributed by atoms with Crippen LogP contribution in [0.5, 0.6) is 0 Å². The molecular weight excluding hydrogens is 1100 g/mol. The summed E-state index contributed by atoms with van der Waals surface area (Å²) in [5.74, 6) is -0.737. The van der Waals surface area contributed by atoms with Gasteiger partial charge in [0.05, 0.1) is 26.4 Å². The molecule has 0 bridgehead atoms. The second kappa shape index (κ2) is 56.6. The predicted octanol–water partition coefficient (Wildman–Crippen LogP) is 17.7. The largest absolute Gasteiger partial charge is 0.472 e. The van der Waals surface area contributed by atoms with Crippen molar-refractivity contribution in [3.8, 4) is 0 Å². The second-order valence-electron chi connectivity index (χ2n) is 23.9. The highest BCUT2D eigenvalue weighted by molar-refractivity contribution is 7.47. The van der Waals surface area contributed by atoms with Gasteiger partial charge in [0.2, 0.25) is 0 Å². The number of rotatable bonds is 63. The van der Waals surface area contributed by atoms with Gasteiger partial charge in [-0.15, -0.1) is 0 Å². The molecule has 0 saturated carbocycles. The van der Waals surface area contributed by atoms with Crippen LogP contribution in [-0.2, 0) is 65.4 Å². The fraction of sp³-hybridized carbons (Fsp3) is 0.938. The van der Waals surface area contributed by atoms with Crippen LogP contribution in [0.4, 0.5) is 0 Å². The predicted molar refractivity (Wildman–Crippen MR) is 331 cm³/mol. The zero-order valence-electron chi connectivity index (χ0n) is 53.5. The average molecular weight is 1230 g/mol. The smallest absolute Gasteiger partial charge is 0.462 e. The highest BCUT2D eigenvalue weighted by atomic mass is 31.2. The Morgan fingerprint density at radius 1 is 0.349 bits per heavy atom. The minimum absolute atomic E-state index is 0.102. The third-order valence-electron chi connectivity index (χ3n) is 15.1. The topological polar surface area (TPSA) is 237 Å². The molecule has 0 aliphatic carbocycles. The lowest BCUT2D eigenvalue weighted by Crippen LogP contribution is -2.30. The first-order valence-corrected chi connectivity index (χ1v) is 36.5. The Bertz CT molecular complexity index is 1630. The fourth-order valence-corrected chi connectivity index (χ4v) is 11.1. The van der Waals surface area contributed by atoms with Gasteiger partial charge in [0.15, 0.2) is 12.2 Å². The Balaban J connectivity index is 5.25. The third-order valence-corrected chi connectivity index (χ3v) is 17.0. The molecule has 0 aliphatic rings. The Hall–Kier alpha value is -1.94. The number of phosphoric ester groups is 2. The van der Waals surface area contributed by atoms with Crippen molar-refractivity contribution in [1.29, 1.82) is 0 Å². The van der Waals surface area contributed by atoms with E-state index in [0.29, 0.717) is 31.6 Å². The van der Waals surface area contributed by atoms with Gasteiger partial charge in [-0.25, -0.2) is 9.13 Å². The molecule has 0 saturated heterocycles. The molecule has 0 aliphatic heterocycles. The minimum Gasteiger partial charge on any atom is -0.462 e. The highest BCUT2D eigenvalue weighted by Gasteiger charge is 2.30. The van der Waals surface area contributed by atoms with Gasteiger partial charge >= 0.3 is 39.5 Å². The van der Waals surface area contributed by atoms with Gasteiger partial charge in [0, 0.05) is 25.7 Å². The maximum absolute atomic E-state index is 13.0. The zero-order valence-corrected chi connectivity index (χ0v) is 55.3. The lowest BCUT2D eigenvalue weighted by molar-refractivity contribution is -0.161. The van der Waals surface area contributed by atoms with E-state index in [2.05, 4.69) is 41.5 Å². The molecule has 17 nitrogen and oxygen atoms in total. The van der Waals surface area contributed by atoms with Gasteiger partial charge in [-0.3, -0.25) is 37.3 Å². The third kappa shape index (κ3) is 57.6. The van der Waals surface area contributed by atoms with E-state index in [-0.39, 0.29) is 25.7 Å². The molecule has 492 valence electrons. The lowest BCUT2D eigenvalue weighted by atomic mass is 10.00. The van der Waals surface area contributed by atoms with Gasteiger partial charge < -0.3 is 33.8 Å². The average Bonchev–Trinajstić information content (AvgIpc) is 3.47. The molecule has 3 unspecified atom stereocenters. The number of aliphatic hydroxyl groups is 1. The van der Waals surface area contributed by atoms with Crippen LogP contribution in [0.1, 0.15) is 318 Å². The van der Waals surface area contributed by atoms with Crippen LogP contribution < -0.4 is 0 Å². The van der Waals surface area contributed by atoms with Crippen LogP contribution in [0, 0.1) is 11.8 Å². The van der Waals surface area contributed by atoms with Crippen LogP contribution in [0.3, 0.4) is 0 Å². The molecule has 0 fully saturated rings. The van der Waals surface area contributed by atoms with E-state index in [0.717, 1.165) is 102 Å². The Kier molecular flexibility index (Phi) is 55.2. The minimum atomic E-state index is -4.94. The fourth-order valence-electron chi connectivity index (χ4n) is 9.50. The van der Waals surface area contributed by atoms with Crippen molar-refractivity contribution in [3.05, 3.63) is 0 Å². The SMILES string of the molecule is CCCCCCCCCCCCCCC(=O)OC[C@H](COP(=O)(O)OC[C@@H](O)COP(=O)(O)OC[C@@H](COC(=O)CCCCCCCCC(C)C)OC(=O)CCCCCCCCC(C)CC)OC(=O)CCCCCCCCCCCCCC. The number of carbonyl (C=O) groups excluding carboxylic acids is 4. The first-order chi connectivity index (χ1) is 39.9. The number of phosphoric acid groups is 2. The molecule has 3 N–H and O–H groups in total. The summed E-state index contributed by atoms with van der Waals surface area (Å²) in [6, 6.07) is 0. The van der Waals surface area contributed by atoms with Crippen molar-refractivity contribution in [3.63, 3.8) is 0 Å². The maximum Gasteiger partial charge on any atom is 0.472 e. The molecule has 19 heteroatoms. The first kappa shape index (κ1) is 81.1. The molecule has 0 radical (unpaired) electrons. The normalized spacial score (nSPS) is 14.6. The van der Waals surface area contributed by atoms with Crippen LogP contribution >= 0.6 is 15.6 Å². The Morgan fingerprint density at radius 2 is 0.614 bits per heavy atom. The summed E-state index contributed by atoms with van der Waals surface area (Å²) in [6.45, 7) is 9.36. The number of ether oxygens (including phenoxy) is 4. The molecule has 0 rings (SSSR count). The summed E-state index contributed by atoms with van der Waals surface area (Å²) < 4.78 is 68.0. The Morgan fingerprint density at radius 3 is 0.916 bits per heavy atom. The lowest BCUT2D eigenvalue weighted by Gasteiger charge is -2.21.